The van der Waals surface area contributed by atoms with Gasteiger partial charge in [0.2, 0.25) is 0 Å². The van der Waals surface area contributed by atoms with Gasteiger partial charge in [0.25, 0.3) is 15.6 Å². The highest BCUT2D eigenvalue weighted by Crippen LogP contribution is 2.37. The molecule has 7 nitrogen and oxygen atoms in total. The van der Waals surface area contributed by atoms with Gasteiger partial charge in [-0.2, -0.15) is 0 Å². The van der Waals surface area contributed by atoms with Crippen molar-refractivity contribution < 1.29 is 18.3 Å². The predicted molar refractivity (Wildman–Crippen MR) is 124 cm³/mol. The summed E-state index contributed by atoms with van der Waals surface area (Å²) in [6.07, 6.45) is 3.81. The number of aryl methyl sites for hydroxylation is 2. The summed E-state index contributed by atoms with van der Waals surface area (Å²) < 4.78 is 34.9. The van der Waals surface area contributed by atoms with Crippen LogP contribution in [0.5, 0.6) is 11.5 Å². The summed E-state index contributed by atoms with van der Waals surface area (Å²) in [4.78, 5) is 13.1. The molecule has 0 unspecified atom stereocenters. The zero-order valence-corrected chi connectivity index (χ0v) is 18.9. The lowest BCUT2D eigenvalue weighted by Gasteiger charge is -2.14. The Bertz CT molecular complexity index is 1470. The first-order valence-electron chi connectivity index (χ1n) is 10.2. The zero-order chi connectivity index (χ0) is 23.0. The Morgan fingerprint density at radius 3 is 2.44 bits per heavy atom. The Hall–Kier alpha value is -3.52. The van der Waals surface area contributed by atoms with E-state index in [1.807, 2.05) is 13.8 Å². The molecule has 0 saturated carbocycles. The molecule has 166 valence electrons. The number of aromatic nitrogens is 2. The quantitative estimate of drug-likeness (QED) is 0.477. The predicted octanol–water partition coefficient (Wildman–Crippen LogP) is 4.05. The van der Waals surface area contributed by atoms with Gasteiger partial charge < -0.3 is 14.4 Å². The molecule has 2 aromatic carbocycles. The van der Waals surface area contributed by atoms with Gasteiger partial charge in [-0.05, 0) is 49.7 Å². The molecule has 0 aliphatic rings. The number of ether oxygens (including phenoxy) is 1. The van der Waals surface area contributed by atoms with Crippen LogP contribution in [0, 0.1) is 6.92 Å². The molecule has 1 N–H and O–H groups in total. The molecule has 2 heterocycles. The zero-order valence-electron chi connectivity index (χ0n) is 18.1. The summed E-state index contributed by atoms with van der Waals surface area (Å²) in [5, 5.41) is 10.6. The minimum Gasteiger partial charge on any atom is -0.508 e. The average Bonchev–Trinajstić information content (AvgIpc) is 3.22. The monoisotopic (exact) mass is 452 g/mol. The van der Waals surface area contributed by atoms with Gasteiger partial charge in [0.15, 0.2) is 0 Å². The largest absolute Gasteiger partial charge is 0.508 e. The highest BCUT2D eigenvalue weighted by Gasteiger charge is 2.24. The van der Waals surface area contributed by atoms with E-state index in [1.165, 1.54) is 29.0 Å². The Balaban J connectivity index is 2.00. The van der Waals surface area contributed by atoms with E-state index in [0.717, 1.165) is 16.0 Å². The lowest BCUT2D eigenvalue weighted by Crippen LogP contribution is -2.22. The minimum absolute atomic E-state index is 0.0374. The van der Waals surface area contributed by atoms with Crippen molar-refractivity contribution in [2.24, 2.45) is 7.05 Å². The molecule has 0 atom stereocenters. The second-order valence-electron chi connectivity index (χ2n) is 7.68. The van der Waals surface area contributed by atoms with Gasteiger partial charge >= 0.3 is 0 Å². The van der Waals surface area contributed by atoms with Crippen molar-refractivity contribution in [3.63, 3.8) is 0 Å². The maximum Gasteiger partial charge on any atom is 0.275 e. The molecule has 0 aliphatic carbocycles. The Morgan fingerprint density at radius 1 is 1.03 bits per heavy atom. The van der Waals surface area contributed by atoms with Crippen LogP contribution in [0.3, 0.4) is 0 Å². The second kappa shape index (κ2) is 8.20. The first-order valence-corrected chi connectivity index (χ1v) is 11.7. The average molecular weight is 453 g/mol. The van der Waals surface area contributed by atoms with Crippen molar-refractivity contribution >= 4 is 20.9 Å². The summed E-state index contributed by atoms with van der Waals surface area (Å²) in [5.41, 5.74) is 1.69. The van der Waals surface area contributed by atoms with E-state index in [4.69, 9.17) is 4.74 Å². The number of benzene rings is 2. The van der Waals surface area contributed by atoms with Crippen LogP contribution in [0.15, 0.2) is 70.6 Å². The Kier molecular flexibility index (Phi) is 5.56. The molecule has 0 radical (unpaired) electrons. The van der Waals surface area contributed by atoms with Crippen LogP contribution in [0.4, 0.5) is 0 Å². The molecule has 0 amide bonds. The first kappa shape index (κ1) is 21.7. The van der Waals surface area contributed by atoms with Crippen LogP contribution in [-0.2, 0) is 17.1 Å². The van der Waals surface area contributed by atoms with Crippen LogP contribution < -0.4 is 10.3 Å². The van der Waals surface area contributed by atoms with E-state index in [0.29, 0.717) is 28.9 Å². The van der Waals surface area contributed by atoms with Crippen LogP contribution in [-0.4, -0.2) is 28.7 Å². The third-order valence-corrected chi connectivity index (χ3v) is 6.97. The number of nitrogens with zero attached hydrogens (tertiary/aromatic N) is 2. The van der Waals surface area contributed by atoms with Crippen LogP contribution in [0.25, 0.3) is 22.0 Å². The lowest BCUT2D eigenvalue weighted by molar-refractivity contribution is 0.318. The number of aromatic hydroxyl groups is 1. The lowest BCUT2D eigenvalue weighted by atomic mass is 10.0. The maximum atomic E-state index is 13.3. The van der Waals surface area contributed by atoms with Crippen molar-refractivity contribution in [1.82, 2.24) is 8.54 Å². The topological polar surface area (TPSA) is 90.5 Å². The smallest absolute Gasteiger partial charge is 0.275 e. The molecule has 0 fully saturated rings. The highest BCUT2D eigenvalue weighted by molar-refractivity contribution is 7.90. The summed E-state index contributed by atoms with van der Waals surface area (Å²) in [7, 11) is -2.42. The summed E-state index contributed by atoms with van der Waals surface area (Å²) >= 11 is 0. The van der Waals surface area contributed by atoms with Crippen LogP contribution in [0.1, 0.15) is 18.9 Å². The third kappa shape index (κ3) is 3.67. The maximum absolute atomic E-state index is 13.3. The number of phenols is 1. The number of phenolic OH excluding ortho intramolecular Hbond substituents is 1. The van der Waals surface area contributed by atoms with Crippen molar-refractivity contribution in [2.75, 3.05) is 6.61 Å². The Morgan fingerprint density at radius 2 is 1.75 bits per heavy atom. The number of fused-ring (bicyclic) bond motifs is 1. The summed E-state index contributed by atoms with van der Waals surface area (Å²) in [6.45, 7) is 4.34. The van der Waals surface area contributed by atoms with E-state index < -0.39 is 15.6 Å². The highest BCUT2D eigenvalue weighted by atomic mass is 32.2. The molecular formula is C24H24N2O5S. The fourth-order valence-electron chi connectivity index (χ4n) is 3.64. The number of pyridine rings is 1. The SMILES string of the molecule is CCCOc1ccc(O)cc1-c1cn(C)c(=O)c2c1ccn2S(=O)(=O)c1ccc(C)cc1. The molecule has 0 bridgehead atoms. The van der Waals surface area contributed by atoms with Gasteiger partial charge in [-0.15, -0.1) is 0 Å². The fourth-order valence-corrected chi connectivity index (χ4v) is 4.98. The summed E-state index contributed by atoms with van der Waals surface area (Å²) in [5.74, 6) is 0.580. The van der Waals surface area contributed by atoms with E-state index in [2.05, 4.69) is 0 Å². The molecule has 0 saturated heterocycles. The van der Waals surface area contributed by atoms with Gasteiger partial charge in [-0.1, -0.05) is 24.6 Å². The van der Waals surface area contributed by atoms with Gasteiger partial charge in [0, 0.05) is 36.0 Å². The molecule has 32 heavy (non-hydrogen) atoms. The molecular weight excluding hydrogens is 428 g/mol. The van der Waals surface area contributed by atoms with Crippen LogP contribution >= 0.6 is 0 Å². The number of rotatable bonds is 6. The summed E-state index contributed by atoms with van der Waals surface area (Å²) in [6, 6.07) is 12.8. The number of hydrogen-bond donors (Lipinski definition) is 1. The van der Waals surface area contributed by atoms with Crippen molar-refractivity contribution in [3.05, 3.63) is 76.8 Å². The standard InChI is InChI=1S/C24H24N2O5S/c1-4-13-31-22-10-7-17(27)14-20(22)21-15-25(3)24(28)23-19(21)11-12-26(23)32(29,30)18-8-5-16(2)6-9-18/h5-12,14-15,27H,4,13H2,1-3H3. The van der Waals surface area contributed by atoms with E-state index >= 15 is 0 Å². The van der Waals surface area contributed by atoms with Crippen molar-refractivity contribution in [2.45, 2.75) is 25.2 Å². The van der Waals surface area contributed by atoms with Gasteiger partial charge in [-0.3, -0.25) is 4.79 Å². The minimum atomic E-state index is -3.99. The van der Waals surface area contributed by atoms with Gasteiger partial charge in [0.05, 0.1) is 11.5 Å². The fraction of sp³-hybridized carbons (Fsp3) is 0.208. The van der Waals surface area contributed by atoms with E-state index in [1.54, 1.807) is 43.6 Å². The van der Waals surface area contributed by atoms with Crippen molar-refractivity contribution in [3.8, 4) is 22.6 Å². The Labute approximate surface area is 186 Å². The molecule has 4 aromatic rings. The number of hydrogen-bond acceptors (Lipinski definition) is 5. The molecule has 0 aliphatic heterocycles. The third-order valence-electron chi connectivity index (χ3n) is 5.28. The van der Waals surface area contributed by atoms with Crippen molar-refractivity contribution in [1.29, 1.82) is 0 Å². The second-order valence-corrected chi connectivity index (χ2v) is 9.49. The van der Waals surface area contributed by atoms with Crippen LogP contribution in [0.2, 0.25) is 0 Å². The van der Waals surface area contributed by atoms with Gasteiger partial charge in [0.1, 0.15) is 17.0 Å². The molecule has 2 aromatic heterocycles. The first-order chi connectivity index (χ1) is 15.2. The van der Waals surface area contributed by atoms with E-state index in [9.17, 15) is 18.3 Å². The normalized spacial score (nSPS) is 11.7. The molecule has 8 heteroatoms. The molecule has 4 rings (SSSR count). The van der Waals surface area contributed by atoms with Gasteiger partial charge in [-0.25, -0.2) is 12.4 Å². The van der Waals surface area contributed by atoms with E-state index in [-0.39, 0.29) is 16.2 Å². The molecule has 0 spiro atoms.